The normalized spacial score (nSPS) is 24.2. The van der Waals surface area contributed by atoms with Crippen LogP contribution in [0.4, 0.5) is 5.69 Å². The van der Waals surface area contributed by atoms with E-state index in [-0.39, 0.29) is 17.2 Å². The molecule has 1 saturated carbocycles. The van der Waals surface area contributed by atoms with Crippen molar-refractivity contribution < 1.29 is 4.79 Å². The van der Waals surface area contributed by atoms with Crippen molar-refractivity contribution in [3.05, 3.63) is 29.3 Å². The Kier molecular flexibility index (Phi) is 3.55. The molecule has 3 nitrogen and oxygen atoms in total. The standard InChI is InChI=1S/C17H24N2O/c1-17(2)8-3-4-15(17)16(20)19-14-6-5-12-7-9-18-11-13(12)10-14/h5-6,10,15,18H,3-4,7-9,11H2,1-2H3,(H,19,20). The number of nitrogens with one attached hydrogen (secondary N) is 2. The Morgan fingerprint density at radius 1 is 1.35 bits per heavy atom. The second-order valence-electron chi connectivity index (χ2n) is 6.83. The molecule has 1 amide bonds. The number of anilines is 1. The molecule has 0 bridgehead atoms. The summed E-state index contributed by atoms with van der Waals surface area (Å²) in [4.78, 5) is 12.5. The lowest BCUT2D eigenvalue weighted by Gasteiger charge is -2.26. The molecule has 3 rings (SSSR count). The van der Waals surface area contributed by atoms with Crippen LogP contribution in [0.15, 0.2) is 18.2 Å². The third-order valence-electron chi connectivity index (χ3n) is 4.93. The van der Waals surface area contributed by atoms with Gasteiger partial charge in [0, 0.05) is 18.2 Å². The van der Waals surface area contributed by atoms with Crippen molar-refractivity contribution in [1.29, 1.82) is 0 Å². The van der Waals surface area contributed by atoms with Crippen molar-refractivity contribution in [2.24, 2.45) is 11.3 Å². The van der Waals surface area contributed by atoms with E-state index in [1.54, 1.807) is 0 Å². The summed E-state index contributed by atoms with van der Waals surface area (Å²) in [5.74, 6) is 0.341. The van der Waals surface area contributed by atoms with E-state index in [1.165, 1.54) is 17.5 Å². The number of fused-ring (bicyclic) bond motifs is 1. The predicted molar refractivity (Wildman–Crippen MR) is 81.6 cm³/mol. The molecule has 2 N–H and O–H groups in total. The number of carbonyl (C=O) groups excluding carboxylic acids is 1. The van der Waals surface area contributed by atoms with Crippen LogP contribution in [-0.4, -0.2) is 12.5 Å². The molecule has 0 spiro atoms. The van der Waals surface area contributed by atoms with Gasteiger partial charge >= 0.3 is 0 Å². The van der Waals surface area contributed by atoms with E-state index in [2.05, 4.69) is 36.6 Å². The zero-order valence-corrected chi connectivity index (χ0v) is 12.5. The van der Waals surface area contributed by atoms with Crippen molar-refractivity contribution >= 4 is 11.6 Å². The molecule has 1 fully saturated rings. The molecule has 0 radical (unpaired) electrons. The summed E-state index contributed by atoms with van der Waals surface area (Å²) in [6.45, 7) is 6.38. The van der Waals surface area contributed by atoms with Crippen LogP contribution >= 0.6 is 0 Å². The molecule has 1 atom stereocenters. The molecule has 2 aliphatic rings. The number of rotatable bonds is 2. The Balaban J connectivity index is 1.73. The predicted octanol–water partition coefficient (Wildman–Crippen LogP) is 3.10. The number of benzene rings is 1. The van der Waals surface area contributed by atoms with Crippen LogP contribution in [0.2, 0.25) is 0 Å². The van der Waals surface area contributed by atoms with Gasteiger partial charge < -0.3 is 10.6 Å². The monoisotopic (exact) mass is 272 g/mol. The van der Waals surface area contributed by atoms with E-state index < -0.39 is 0 Å². The first kappa shape index (κ1) is 13.6. The van der Waals surface area contributed by atoms with Crippen LogP contribution < -0.4 is 10.6 Å². The van der Waals surface area contributed by atoms with Gasteiger partial charge in [0.15, 0.2) is 0 Å². The molecular formula is C17H24N2O. The minimum absolute atomic E-state index is 0.139. The zero-order chi connectivity index (χ0) is 14.2. The summed E-state index contributed by atoms with van der Waals surface area (Å²) in [6, 6.07) is 6.33. The van der Waals surface area contributed by atoms with Crippen molar-refractivity contribution in [1.82, 2.24) is 5.32 Å². The molecule has 20 heavy (non-hydrogen) atoms. The summed E-state index contributed by atoms with van der Waals surface area (Å²) in [5, 5.41) is 6.50. The van der Waals surface area contributed by atoms with Crippen LogP contribution in [-0.2, 0) is 17.8 Å². The average Bonchev–Trinajstić information content (AvgIpc) is 2.78. The van der Waals surface area contributed by atoms with Crippen molar-refractivity contribution in [2.75, 3.05) is 11.9 Å². The fourth-order valence-corrected chi connectivity index (χ4v) is 3.60. The lowest BCUT2D eigenvalue weighted by atomic mass is 9.81. The second kappa shape index (κ2) is 5.21. The highest BCUT2D eigenvalue weighted by atomic mass is 16.1. The molecule has 1 aliphatic carbocycles. The minimum atomic E-state index is 0.139. The smallest absolute Gasteiger partial charge is 0.228 e. The molecule has 1 aliphatic heterocycles. The van der Waals surface area contributed by atoms with Gasteiger partial charge in [0.2, 0.25) is 5.91 Å². The second-order valence-corrected chi connectivity index (χ2v) is 6.83. The Hall–Kier alpha value is -1.35. The Morgan fingerprint density at radius 3 is 2.95 bits per heavy atom. The lowest BCUT2D eigenvalue weighted by molar-refractivity contribution is -0.122. The van der Waals surface area contributed by atoms with E-state index in [9.17, 15) is 4.79 Å². The highest BCUT2D eigenvalue weighted by molar-refractivity contribution is 5.93. The largest absolute Gasteiger partial charge is 0.326 e. The molecular weight excluding hydrogens is 248 g/mol. The van der Waals surface area contributed by atoms with E-state index in [1.807, 2.05) is 6.07 Å². The first-order valence-electron chi connectivity index (χ1n) is 7.70. The van der Waals surface area contributed by atoms with E-state index in [4.69, 9.17) is 0 Å². The number of amides is 1. The van der Waals surface area contributed by atoms with Gasteiger partial charge in [-0.05, 0) is 54.5 Å². The number of hydrogen-bond donors (Lipinski definition) is 2. The molecule has 108 valence electrons. The Bertz CT molecular complexity index is 522. The fraction of sp³-hybridized carbons (Fsp3) is 0.588. The van der Waals surface area contributed by atoms with Crippen LogP contribution in [0.25, 0.3) is 0 Å². The summed E-state index contributed by atoms with van der Waals surface area (Å²) in [5.41, 5.74) is 3.81. The third-order valence-corrected chi connectivity index (χ3v) is 4.93. The molecule has 0 saturated heterocycles. The topological polar surface area (TPSA) is 41.1 Å². The van der Waals surface area contributed by atoms with Crippen LogP contribution in [0.3, 0.4) is 0 Å². The van der Waals surface area contributed by atoms with Gasteiger partial charge in [0.25, 0.3) is 0 Å². The van der Waals surface area contributed by atoms with Gasteiger partial charge in [0.05, 0.1) is 0 Å². The number of carbonyl (C=O) groups is 1. The molecule has 1 aromatic carbocycles. The average molecular weight is 272 g/mol. The van der Waals surface area contributed by atoms with Crippen LogP contribution in [0.1, 0.15) is 44.2 Å². The maximum Gasteiger partial charge on any atom is 0.228 e. The van der Waals surface area contributed by atoms with Crippen LogP contribution in [0, 0.1) is 11.3 Å². The van der Waals surface area contributed by atoms with Crippen molar-refractivity contribution in [3.8, 4) is 0 Å². The summed E-state index contributed by atoms with van der Waals surface area (Å²) >= 11 is 0. The van der Waals surface area contributed by atoms with E-state index in [0.717, 1.165) is 38.0 Å². The maximum absolute atomic E-state index is 12.5. The quantitative estimate of drug-likeness (QED) is 0.868. The van der Waals surface area contributed by atoms with Gasteiger partial charge in [-0.2, -0.15) is 0 Å². The molecule has 0 aromatic heterocycles. The fourth-order valence-electron chi connectivity index (χ4n) is 3.60. The van der Waals surface area contributed by atoms with E-state index >= 15 is 0 Å². The summed E-state index contributed by atoms with van der Waals surface area (Å²) < 4.78 is 0. The first-order valence-corrected chi connectivity index (χ1v) is 7.70. The van der Waals surface area contributed by atoms with E-state index in [0.29, 0.717) is 0 Å². The number of hydrogen-bond acceptors (Lipinski definition) is 2. The maximum atomic E-state index is 12.5. The molecule has 3 heteroatoms. The summed E-state index contributed by atoms with van der Waals surface area (Å²) in [6.07, 6.45) is 4.42. The van der Waals surface area contributed by atoms with Gasteiger partial charge in [-0.3, -0.25) is 4.79 Å². The molecule has 1 heterocycles. The van der Waals surface area contributed by atoms with Gasteiger partial charge in [-0.1, -0.05) is 26.3 Å². The van der Waals surface area contributed by atoms with Gasteiger partial charge in [-0.25, -0.2) is 0 Å². The zero-order valence-electron chi connectivity index (χ0n) is 12.5. The first-order chi connectivity index (χ1) is 9.56. The molecule has 1 aromatic rings. The highest BCUT2D eigenvalue weighted by Crippen LogP contribution is 2.43. The van der Waals surface area contributed by atoms with Gasteiger partial charge in [0.1, 0.15) is 0 Å². The lowest BCUT2D eigenvalue weighted by Crippen LogP contribution is -2.31. The minimum Gasteiger partial charge on any atom is -0.326 e. The molecule has 1 unspecified atom stereocenters. The Morgan fingerprint density at radius 2 is 2.20 bits per heavy atom. The third kappa shape index (κ3) is 2.59. The van der Waals surface area contributed by atoms with Crippen molar-refractivity contribution in [3.63, 3.8) is 0 Å². The SMILES string of the molecule is CC1(C)CCCC1C(=O)Nc1ccc2c(c1)CNCC2. The summed E-state index contributed by atoms with van der Waals surface area (Å²) in [7, 11) is 0. The highest BCUT2D eigenvalue weighted by Gasteiger charge is 2.39. The van der Waals surface area contributed by atoms with Crippen LogP contribution in [0.5, 0.6) is 0 Å². The Labute approximate surface area is 121 Å². The van der Waals surface area contributed by atoms with Crippen molar-refractivity contribution in [2.45, 2.75) is 46.1 Å². The van der Waals surface area contributed by atoms with Gasteiger partial charge in [-0.15, -0.1) is 0 Å².